The van der Waals surface area contributed by atoms with Gasteiger partial charge in [0, 0.05) is 16.6 Å². The van der Waals surface area contributed by atoms with E-state index in [2.05, 4.69) is 20.9 Å². The quantitative estimate of drug-likeness (QED) is 0.720. The highest BCUT2D eigenvalue weighted by Crippen LogP contribution is 2.20. The van der Waals surface area contributed by atoms with Crippen LogP contribution in [0.1, 0.15) is 13.3 Å². The Balaban J connectivity index is 2.41. The third-order valence-corrected chi connectivity index (χ3v) is 3.71. The highest BCUT2D eigenvalue weighted by atomic mass is 79.9. The van der Waals surface area contributed by atoms with Gasteiger partial charge >= 0.3 is 5.97 Å². The summed E-state index contributed by atoms with van der Waals surface area (Å²) >= 11 is 3.37. The van der Waals surface area contributed by atoms with Crippen molar-refractivity contribution in [3.8, 4) is 17.1 Å². The minimum atomic E-state index is -0.357. The smallest absolute Gasteiger partial charge is 0.307 e. The van der Waals surface area contributed by atoms with Gasteiger partial charge in [-0.3, -0.25) is 14.2 Å². The number of methoxy groups -OCH3 is 1. The maximum Gasteiger partial charge on any atom is 0.307 e. The highest BCUT2D eigenvalue weighted by molar-refractivity contribution is 9.10. The van der Waals surface area contributed by atoms with Crippen LogP contribution in [-0.2, 0) is 16.1 Å². The first-order chi connectivity index (χ1) is 11.1. The summed E-state index contributed by atoms with van der Waals surface area (Å²) in [5, 5.41) is 0. The molecule has 0 bridgehead atoms. The van der Waals surface area contributed by atoms with Crippen molar-refractivity contribution >= 4 is 21.9 Å². The Kier molecular flexibility index (Phi) is 5.92. The first-order valence-electron chi connectivity index (χ1n) is 7.12. The van der Waals surface area contributed by atoms with E-state index in [0.29, 0.717) is 12.4 Å². The Morgan fingerprint density at radius 3 is 2.61 bits per heavy atom. The topological polar surface area (TPSA) is 70.4 Å². The van der Waals surface area contributed by atoms with Crippen LogP contribution in [0.15, 0.2) is 39.7 Å². The Labute approximate surface area is 142 Å². The molecule has 0 radical (unpaired) electrons. The van der Waals surface area contributed by atoms with E-state index in [1.807, 2.05) is 24.3 Å². The molecule has 2 aromatic rings. The molecule has 6 nitrogen and oxygen atoms in total. The van der Waals surface area contributed by atoms with Crippen LogP contribution >= 0.6 is 15.9 Å². The van der Waals surface area contributed by atoms with Crippen LogP contribution in [-0.4, -0.2) is 29.2 Å². The maximum atomic E-state index is 12.5. The van der Waals surface area contributed by atoms with Gasteiger partial charge in [-0.1, -0.05) is 28.1 Å². The number of esters is 1. The monoisotopic (exact) mass is 380 g/mol. The summed E-state index contributed by atoms with van der Waals surface area (Å²) in [7, 11) is 1.41. The number of benzene rings is 1. The number of aromatic nitrogens is 2. The molecule has 0 unspecified atom stereocenters. The average Bonchev–Trinajstić information content (AvgIpc) is 2.54. The molecule has 0 aliphatic carbocycles. The molecule has 0 saturated heterocycles. The lowest BCUT2D eigenvalue weighted by Crippen LogP contribution is -2.25. The summed E-state index contributed by atoms with van der Waals surface area (Å²) in [6, 6.07) is 7.42. The van der Waals surface area contributed by atoms with E-state index in [0.717, 1.165) is 10.0 Å². The average molecular weight is 381 g/mol. The number of carbonyl (C=O) groups is 1. The number of nitrogens with zero attached hydrogens (tertiary/aromatic N) is 2. The van der Waals surface area contributed by atoms with E-state index in [4.69, 9.17) is 9.47 Å². The summed E-state index contributed by atoms with van der Waals surface area (Å²) in [4.78, 5) is 28.4. The molecule has 1 aromatic carbocycles. The van der Waals surface area contributed by atoms with Gasteiger partial charge in [-0.2, -0.15) is 0 Å². The lowest BCUT2D eigenvalue weighted by Gasteiger charge is -2.13. The van der Waals surface area contributed by atoms with E-state index in [-0.39, 0.29) is 30.2 Å². The minimum absolute atomic E-state index is 0.0894. The number of hydrogen-bond acceptors (Lipinski definition) is 5. The number of hydrogen-bond donors (Lipinski definition) is 0. The molecule has 0 atom stereocenters. The molecule has 0 aliphatic rings. The third-order valence-electron chi connectivity index (χ3n) is 3.18. The molecule has 0 spiro atoms. The fraction of sp³-hybridized carbons (Fsp3) is 0.312. The van der Waals surface area contributed by atoms with Gasteiger partial charge in [-0.15, -0.1) is 0 Å². The van der Waals surface area contributed by atoms with Gasteiger partial charge in [0.05, 0.1) is 26.3 Å². The van der Waals surface area contributed by atoms with Crippen molar-refractivity contribution in [1.82, 2.24) is 9.55 Å². The van der Waals surface area contributed by atoms with Gasteiger partial charge in [-0.05, 0) is 19.1 Å². The summed E-state index contributed by atoms with van der Waals surface area (Å²) in [5.41, 5.74) is 0.446. The minimum Gasteiger partial charge on any atom is -0.490 e. The van der Waals surface area contributed by atoms with Crippen LogP contribution in [0.2, 0.25) is 0 Å². The fourth-order valence-corrected chi connectivity index (χ4v) is 2.35. The molecule has 1 aromatic heterocycles. The normalized spacial score (nSPS) is 10.4. The zero-order valence-electron chi connectivity index (χ0n) is 12.9. The number of halogens is 1. The molecular formula is C16H17BrN2O4. The van der Waals surface area contributed by atoms with Crippen molar-refractivity contribution in [2.75, 3.05) is 13.7 Å². The number of carbonyl (C=O) groups excluding carboxylic acids is 1. The Bertz CT molecular complexity index is 741. The maximum absolute atomic E-state index is 12.5. The van der Waals surface area contributed by atoms with Crippen LogP contribution < -0.4 is 10.3 Å². The summed E-state index contributed by atoms with van der Waals surface area (Å²) in [5.74, 6) is 0.256. The van der Waals surface area contributed by atoms with E-state index >= 15 is 0 Å². The first kappa shape index (κ1) is 17.2. The first-order valence-corrected chi connectivity index (χ1v) is 7.91. The van der Waals surface area contributed by atoms with Crippen molar-refractivity contribution < 1.29 is 14.3 Å². The van der Waals surface area contributed by atoms with Gasteiger partial charge in [0.2, 0.25) is 5.75 Å². The van der Waals surface area contributed by atoms with Crippen LogP contribution in [0, 0.1) is 0 Å². The fourth-order valence-electron chi connectivity index (χ4n) is 2.09. The molecule has 122 valence electrons. The molecule has 1 heterocycles. The lowest BCUT2D eigenvalue weighted by molar-refractivity contribution is -0.143. The molecule has 2 rings (SSSR count). The summed E-state index contributed by atoms with van der Waals surface area (Å²) in [6.45, 7) is 2.22. The van der Waals surface area contributed by atoms with Crippen molar-refractivity contribution in [2.45, 2.75) is 19.9 Å². The highest BCUT2D eigenvalue weighted by Gasteiger charge is 2.14. The molecule has 23 heavy (non-hydrogen) atoms. The van der Waals surface area contributed by atoms with E-state index in [1.165, 1.54) is 17.9 Å². The van der Waals surface area contributed by atoms with Crippen molar-refractivity contribution in [3.05, 3.63) is 45.3 Å². The van der Waals surface area contributed by atoms with Gasteiger partial charge in [0.1, 0.15) is 5.82 Å². The Morgan fingerprint density at radius 2 is 2.00 bits per heavy atom. The van der Waals surface area contributed by atoms with Crippen molar-refractivity contribution in [2.24, 2.45) is 0 Å². The van der Waals surface area contributed by atoms with E-state index in [9.17, 15) is 9.59 Å². The molecule has 0 aliphatic heterocycles. The van der Waals surface area contributed by atoms with Crippen molar-refractivity contribution in [3.63, 3.8) is 0 Å². The van der Waals surface area contributed by atoms with E-state index in [1.54, 1.807) is 6.92 Å². The van der Waals surface area contributed by atoms with Crippen LogP contribution in [0.25, 0.3) is 11.4 Å². The van der Waals surface area contributed by atoms with E-state index < -0.39 is 0 Å². The van der Waals surface area contributed by atoms with Crippen molar-refractivity contribution in [1.29, 1.82) is 0 Å². The molecule has 0 fully saturated rings. The van der Waals surface area contributed by atoms with Crippen LogP contribution in [0.3, 0.4) is 0 Å². The van der Waals surface area contributed by atoms with Gasteiger partial charge < -0.3 is 9.47 Å². The second kappa shape index (κ2) is 7.92. The third kappa shape index (κ3) is 4.19. The number of rotatable bonds is 6. The molecular weight excluding hydrogens is 364 g/mol. The number of ether oxygens (including phenoxy) is 2. The largest absolute Gasteiger partial charge is 0.490 e. The lowest BCUT2D eigenvalue weighted by atomic mass is 10.2. The molecule has 0 saturated carbocycles. The summed E-state index contributed by atoms with van der Waals surface area (Å²) < 4.78 is 12.3. The SMILES string of the molecule is CCOC(=O)CCn1c(-c2ccc(Br)cc2)ncc(OC)c1=O. The molecule has 7 heteroatoms. The standard InChI is InChI=1S/C16H17BrN2O4/c1-3-23-14(20)8-9-19-15(11-4-6-12(17)7-5-11)18-10-13(22-2)16(19)21/h4-7,10H,3,8-9H2,1-2H3. The van der Waals surface area contributed by atoms with Gasteiger partial charge in [0.25, 0.3) is 5.56 Å². The second-order valence-electron chi connectivity index (χ2n) is 4.67. The Morgan fingerprint density at radius 1 is 1.30 bits per heavy atom. The van der Waals surface area contributed by atoms with Gasteiger partial charge in [0.15, 0.2) is 0 Å². The van der Waals surface area contributed by atoms with Gasteiger partial charge in [-0.25, -0.2) is 4.98 Å². The predicted octanol–water partition coefficient (Wildman–Crippen LogP) is 2.63. The zero-order valence-corrected chi connectivity index (χ0v) is 14.5. The predicted molar refractivity (Wildman–Crippen MR) is 89.4 cm³/mol. The summed E-state index contributed by atoms with van der Waals surface area (Å²) in [6.07, 6.45) is 1.48. The second-order valence-corrected chi connectivity index (χ2v) is 5.58. The zero-order chi connectivity index (χ0) is 16.8. The van der Waals surface area contributed by atoms with Crippen LogP contribution in [0.5, 0.6) is 5.75 Å². The van der Waals surface area contributed by atoms with Crippen LogP contribution in [0.4, 0.5) is 0 Å². The molecule has 0 N–H and O–H groups in total. The molecule has 0 amide bonds. The Hall–Kier alpha value is -2.15.